The molecule has 13 heavy (non-hydrogen) atoms. The van der Waals surface area contributed by atoms with Crippen molar-refractivity contribution in [2.45, 2.75) is 12.5 Å². The lowest BCUT2D eigenvalue weighted by atomic mass is 10.1. The zero-order chi connectivity index (χ0) is 8.67. The van der Waals surface area contributed by atoms with Gasteiger partial charge in [0, 0.05) is 5.70 Å². The Balaban J connectivity index is 1.96. The third kappa shape index (κ3) is 0.986. The molecule has 0 amide bonds. The van der Waals surface area contributed by atoms with Crippen LogP contribution in [0.3, 0.4) is 0 Å². The average molecular weight is 176 g/mol. The van der Waals surface area contributed by atoms with Crippen molar-refractivity contribution in [3.05, 3.63) is 23.9 Å². The van der Waals surface area contributed by atoms with E-state index in [1.807, 2.05) is 0 Å². The van der Waals surface area contributed by atoms with Crippen LogP contribution in [0.1, 0.15) is 6.42 Å². The van der Waals surface area contributed by atoms with Crippen LogP contribution in [0.25, 0.3) is 0 Å². The summed E-state index contributed by atoms with van der Waals surface area (Å²) in [5.74, 6) is 1.03. The molecule has 2 aliphatic heterocycles. The fourth-order valence-corrected chi connectivity index (χ4v) is 2.00. The molecule has 0 spiro atoms. The van der Waals surface area contributed by atoms with E-state index in [4.69, 9.17) is 0 Å². The van der Waals surface area contributed by atoms with E-state index in [2.05, 4.69) is 38.8 Å². The van der Waals surface area contributed by atoms with Crippen molar-refractivity contribution in [2.75, 3.05) is 13.3 Å². The van der Waals surface area contributed by atoms with Crippen LogP contribution in [0.2, 0.25) is 0 Å². The van der Waals surface area contributed by atoms with Gasteiger partial charge in [-0.1, -0.05) is 12.2 Å². The molecule has 0 aromatic carbocycles. The number of aliphatic imine (C=N–C) groups is 1. The highest BCUT2D eigenvalue weighted by molar-refractivity contribution is 5.86. The van der Waals surface area contributed by atoms with Crippen LogP contribution in [0.4, 0.5) is 0 Å². The maximum absolute atomic E-state index is 4.37. The van der Waals surface area contributed by atoms with Crippen LogP contribution >= 0.6 is 0 Å². The van der Waals surface area contributed by atoms with Crippen molar-refractivity contribution in [3.63, 3.8) is 0 Å². The molecule has 0 aromatic heterocycles. The zero-order valence-electron chi connectivity index (χ0n) is 7.33. The topological polar surface area (TPSA) is 39.7 Å². The summed E-state index contributed by atoms with van der Waals surface area (Å²) in [5.41, 5.74) is 1.28. The first-order chi connectivity index (χ1) is 6.45. The van der Waals surface area contributed by atoms with Crippen molar-refractivity contribution in [3.8, 4) is 0 Å². The van der Waals surface area contributed by atoms with Crippen molar-refractivity contribution >= 4 is 5.96 Å². The molecule has 1 atom stereocenters. The molecule has 2 N–H and O–H groups in total. The number of rotatable bonds is 0. The fraction of sp³-hybridized carbons (Fsp3) is 0.444. The highest BCUT2D eigenvalue weighted by Gasteiger charge is 2.34. The minimum atomic E-state index is 0.483. The van der Waals surface area contributed by atoms with Gasteiger partial charge in [-0.3, -0.25) is 5.32 Å². The monoisotopic (exact) mass is 176 g/mol. The predicted octanol–water partition coefficient (Wildman–Crippen LogP) is -0.0218. The molecule has 0 radical (unpaired) electrons. The number of guanidine groups is 1. The standard InChI is InChI=1S/C9H12N4/c1-2-4-8-7(3-1)12-9-11-5-10-6-13(8)9/h1-3,8,10H,4-6H2,(H,11,12). The van der Waals surface area contributed by atoms with Gasteiger partial charge < -0.3 is 10.2 Å². The van der Waals surface area contributed by atoms with Crippen LogP contribution in [0.15, 0.2) is 28.9 Å². The van der Waals surface area contributed by atoms with Crippen molar-refractivity contribution in [1.29, 1.82) is 0 Å². The van der Waals surface area contributed by atoms with Crippen molar-refractivity contribution < 1.29 is 0 Å². The molecule has 1 fully saturated rings. The smallest absolute Gasteiger partial charge is 0.201 e. The molecule has 3 rings (SSSR count). The molecule has 0 aromatic rings. The third-order valence-corrected chi connectivity index (χ3v) is 2.66. The van der Waals surface area contributed by atoms with Gasteiger partial charge >= 0.3 is 0 Å². The van der Waals surface area contributed by atoms with Crippen LogP contribution in [0, 0.1) is 0 Å². The normalized spacial score (nSPS) is 30.2. The largest absolute Gasteiger partial charge is 0.328 e. The van der Waals surface area contributed by atoms with Gasteiger partial charge in [-0.25, -0.2) is 4.99 Å². The number of nitrogens with zero attached hydrogens (tertiary/aromatic N) is 2. The maximum atomic E-state index is 4.37. The van der Waals surface area contributed by atoms with Gasteiger partial charge in [-0.05, 0) is 12.5 Å². The van der Waals surface area contributed by atoms with E-state index in [1.165, 1.54) is 5.70 Å². The SMILES string of the molecule is C1=CCC2C(=C1)NC1=NCNCN12. The summed E-state index contributed by atoms with van der Waals surface area (Å²) < 4.78 is 0. The van der Waals surface area contributed by atoms with Gasteiger partial charge in [-0.15, -0.1) is 0 Å². The molecule has 1 unspecified atom stereocenters. The molecule has 0 saturated carbocycles. The summed E-state index contributed by atoms with van der Waals surface area (Å²) in [6, 6.07) is 0.483. The zero-order valence-corrected chi connectivity index (χ0v) is 7.33. The van der Waals surface area contributed by atoms with E-state index in [0.717, 1.165) is 25.7 Å². The van der Waals surface area contributed by atoms with Crippen LogP contribution < -0.4 is 10.6 Å². The highest BCUT2D eigenvalue weighted by atomic mass is 15.4. The van der Waals surface area contributed by atoms with Gasteiger partial charge in [-0.2, -0.15) is 0 Å². The Bertz CT molecular complexity index is 316. The predicted molar refractivity (Wildman–Crippen MR) is 50.9 cm³/mol. The molecule has 3 aliphatic rings. The molecular weight excluding hydrogens is 164 g/mol. The summed E-state index contributed by atoms with van der Waals surface area (Å²) >= 11 is 0. The van der Waals surface area contributed by atoms with Gasteiger partial charge in [0.2, 0.25) is 5.96 Å². The molecular formula is C9H12N4. The van der Waals surface area contributed by atoms with Gasteiger partial charge in [0.05, 0.1) is 19.4 Å². The Kier molecular flexibility index (Phi) is 1.43. The Labute approximate surface area is 77.0 Å². The summed E-state index contributed by atoms with van der Waals surface area (Å²) in [6.07, 6.45) is 7.52. The van der Waals surface area contributed by atoms with Crippen molar-refractivity contribution in [2.24, 2.45) is 4.99 Å². The third-order valence-electron chi connectivity index (χ3n) is 2.66. The number of nitrogens with one attached hydrogen (secondary N) is 2. The maximum Gasteiger partial charge on any atom is 0.201 e. The first-order valence-corrected chi connectivity index (χ1v) is 4.61. The number of hydrogen-bond donors (Lipinski definition) is 2. The van der Waals surface area contributed by atoms with Gasteiger partial charge in [0.15, 0.2) is 0 Å². The van der Waals surface area contributed by atoms with Gasteiger partial charge in [0.25, 0.3) is 0 Å². The molecule has 1 saturated heterocycles. The van der Waals surface area contributed by atoms with E-state index in [1.54, 1.807) is 0 Å². The first kappa shape index (κ1) is 7.15. The lowest BCUT2D eigenvalue weighted by Crippen LogP contribution is -2.45. The second-order valence-corrected chi connectivity index (χ2v) is 3.44. The second-order valence-electron chi connectivity index (χ2n) is 3.44. The van der Waals surface area contributed by atoms with E-state index in [9.17, 15) is 0 Å². The fourth-order valence-electron chi connectivity index (χ4n) is 2.00. The number of allylic oxidation sites excluding steroid dienone is 2. The van der Waals surface area contributed by atoms with E-state index in [-0.39, 0.29) is 0 Å². The summed E-state index contributed by atoms with van der Waals surface area (Å²) in [4.78, 5) is 6.64. The molecule has 4 nitrogen and oxygen atoms in total. The van der Waals surface area contributed by atoms with E-state index < -0.39 is 0 Å². The molecule has 68 valence electrons. The Morgan fingerprint density at radius 2 is 2.54 bits per heavy atom. The van der Waals surface area contributed by atoms with Crippen molar-refractivity contribution in [1.82, 2.24) is 15.5 Å². The lowest BCUT2D eigenvalue weighted by Gasteiger charge is -2.27. The second kappa shape index (κ2) is 2.60. The number of fused-ring (bicyclic) bond motifs is 3. The quantitative estimate of drug-likeness (QED) is 0.545. The molecule has 2 heterocycles. The van der Waals surface area contributed by atoms with E-state index in [0.29, 0.717) is 6.04 Å². The minimum absolute atomic E-state index is 0.483. The Hall–Kier alpha value is -1.29. The first-order valence-electron chi connectivity index (χ1n) is 4.61. The molecule has 1 aliphatic carbocycles. The van der Waals surface area contributed by atoms with Crippen LogP contribution in [-0.4, -0.2) is 30.2 Å². The lowest BCUT2D eigenvalue weighted by molar-refractivity contribution is 0.325. The highest BCUT2D eigenvalue weighted by Crippen LogP contribution is 2.23. The number of hydrogen-bond acceptors (Lipinski definition) is 4. The van der Waals surface area contributed by atoms with Gasteiger partial charge in [0.1, 0.15) is 0 Å². The molecule has 0 bridgehead atoms. The van der Waals surface area contributed by atoms with E-state index >= 15 is 0 Å². The summed E-state index contributed by atoms with van der Waals surface area (Å²) in [7, 11) is 0. The Morgan fingerprint density at radius 1 is 1.54 bits per heavy atom. The Morgan fingerprint density at radius 3 is 3.54 bits per heavy atom. The van der Waals surface area contributed by atoms with Crippen LogP contribution in [-0.2, 0) is 0 Å². The summed E-state index contributed by atoms with van der Waals surface area (Å²) in [5, 5.41) is 6.58. The minimum Gasteiger partial charge on any atom is -0.328 e. The molecule has 4 heteroatoms. The average Bonchev–Trinajstić information content (AvgIpc) is 2.56. The van der Waals surface area contributed by atoms with Crippen LogP contribution in [0.5, 0.6) is 0 Å². The summed E-state index contributed by atoms with van der Waals surface area (Å²) in [6.45, 7) is 1.63.